The molecule has 0 N–H and O–H groups in total. The zero-order valence-electron chi connectivity index (χ0n) is 16.9. The maximum absolute atomic E-state index is 12.6. The Morgan fingerprint density at radius 3 is 2.38 bits per heavy atom. The first-order valence-electron chi connectivity index (χ1n) is 9.61. The van der Waals surface area contributed by atoms with E-state index in [1.807, 2.05) is 23.6 Å². The average molecular weight is 415 g/mol. The third kappa shape index (κ3) is 5.75. The number of hydrogen-bond donors (Lipinski definition) is 0. The van der Waals surface area contributed by atoms with E-state index in [2.05, 4.69) is 4.74 Å². The number of nitro groups is 1. The second-order valence-electron chi connectivity index (χ2n) is 6.83. The molecule has 0 radical (unpaired) electrons. The predicted molar refractivity (Wildman–Crippen MR) is 102 cm³/mol. The van der Waals surface area contributed by atoms with Crippen molar-refractivity contribution < 1.29 is 28.0 Å². The molecule has 1 saturated heterocycles. The molecule has 0 spiro atoms. The number of nitrogens with zero attached hydrogens (tertiary/aromatic N) is 3. The Morgan fingerprint density at radius 2 is 1.90 bits per heavy atom. The maximum Gasteiger partial charge on any atom is 0.387 e. The highest BCUT2D eigenvalue weighted by molar-refractivity contribution is 5.78. The number of nitro benzene ring substituents is 1. The van der Waals surface area contributed by atoms with Crippen molar-refractivity contribution in [2.75, 3.05) is 33.3 Å². The predicted octanol–water partition coefficient (Wildman–Crippen LogP) is 3.29. The molecule has 8 nitrogen and oxygen atoms in total. The van der Waals surface area contributed by atoms with Crippen molar-refractivity contribution in [1.82, 2.24) is 9.80 Å². The van der Waals surface area contributed by atoms with E-state index in [9.17, 15) is 23.7 Å². The summed E-state index contributed by atoms with van der Waals surface area (Å²) in [5.74, 6) is -0.257. The van der Waals surface area contributed by atoms with Gasteiger partial charge in [0.25, 0.3) is 5.69 Å². The first kappa shape index (κ1) is 22.8. The zero-order valence-corrected chi connectivity index (χ0v) is 16.9. The molecule has 1 aromatic carbocycles. The molecular weight excluding hydrogens is 388 g/mol. The molecule has 0 unspecified atom stereocenters. The standard InChI is InChI=1S/C19H27F2N3O5/c1-4-23(5-2)18(25)13-6-8-22(9-7-13)12-14-10-16(28-3)17(29-19(20)21)11-15(14)24(26)27/h10-11,13,19H,4-9,12H2,1-3H3. The van der Waals surface area contributed by atoms with Crippen LogP contribution in [0.1, 0.15) is 32.3 Å². The van der Waals surface area contributed by atoms with E-state index in [4.69, 9.17) is 4.74 Å². The first-order chi connectivity index (χ1) is 13.8. The third-order valence-corrected chi connectivity index (χ3v) is 5.18. The highest BCUT2D eigenvalue weighted by Crippen LogP contribution is 2.36. The number of alkyl halides is 2. The Bertz CT molecular complexity index is 720. The zero-order chi connectivity index (χ0) is 21.6. The van der Waals surface area contributed by atoms with Gasteiger partial charge in [0.15, 0.2) is 11.5 Å². The minimum atomic E-state index is -3.11. The van der Waals surface area contributed by atoms with Crippen LogP contribution in [0, 0.1) is 16.0 Å². The number of methoxy groups -OCH3 is 1. The van der Waals surface area contributed by atoms with Crippen molar-refractivity contribution in [2.24, 2.45) is 5.92 Å². The maximum atomic E-state index is 12.6. The normalized spacial score (nSPS) is 15.4. The SMILES string of the molecule is CCN(CC)C(=O)C1CCN(Cc2cc(OC)c(OC(F)F)cc2[N+](=O)[O-])CC1. The molecule has 162 valence electrons. The van der Waals surface area contributed by atoms with Crippen molar-refractivity contribution in [1.29, 1.82) is 0 Å². The van der Waals surface area contributed by atoms with E-state index in [1.165, 1.54) is 13.2 Å². The fraction of sp³-hybridized carbons (Fsp3) is 0.632. The average Bonchev–Trinajstić information content (AvgIpc) is 2.69. The summed E-state index contributed by atoms with van der Waals surface area (Å²) in [4.78, 5) is 27.2. The molecule has 1 fully saturated rings. The van der Waals surface area contributed by atoms with Gasteiger partial charge in [-0.05, 0) is 45.8 Å². The summed E-state index contributed by atoms with van der Waals surface area (Å²) in [5.41, 5.74) is 0.0461. The number of piperidine rings is 1. The van der Waals surface area contributed by atoms with Crippen LogP contribution in [-0.2, 0) is 11.3 Å². The van der Waals surface area contributed by atoms with Gasteiger partial charge in [-0.1, -0.05) is 0 Å². The number of halogens is 2. The van der Waals surface area contributed by atoms with Crippen LogP contribution in [-0.4, -0.2) is 60.5 Å². The van der Waals surface area contributed by atoms with E-state index >= 15 is 0 Å². The van der Waals surface area contributed by atoms with Gasteiger partial charge in [0.1, 0.15) is 0 Å². The van der Waals surface area contributed by atoms with Crippen LogP contribution in [0.3, 0.4) is 0 Å². The van der Waals surface area contributed by atoms with Gasteiger partial charge in [0.2, 0.25) is 5.91 Å². The van der Waals surface area contributed by atoms with Crippen molar-refractivity contribution in [2.45, 2.75) is 39.8 Å². The molecule has 0 saturated carbocycles. The number of carbonyl (C=O) groups excluding carboxylic acids is 1. The number of carbonyl (C=O) groups is 1. The van der Waals surface area contributed by atoms with Crippen LogP contribution in [0.2, 0.25) is 0 Å². The summed E-state index contributed by atoms with van der Waals surface area (Å²) >= 11 is 0. The second-order valence-corrected chi connectivity index (χ2v) is 6.83. The lowest BCUT2D eigenvalue weighted by Gasteiger charge is -2.33. The van der Waals surface area contributed by atoms with Crippen LogP contribution in [0.4, 0.5) is 14.5 Å². The lowest BCUT2D eigenvalue weighted by molar-refractivity contribution is -0.385. The summed E-state index contributed by atoms with van der Waals surface area (Å²) in [7, 11) is 1.29. The van der Waals surface area contributed by atoms with Crippen molar-refractivity contribution in [3.05, 3.63) is 27.8 Å². The van der Waals surface area contributed by atoms with E-state index in [0.29, 0.717) is 44.6 Å². The van der Waals surface area contributed by atoms with Crippen LogP contribution in [0.25, 0.3) is 0 Å². The smallest absolute Gasteiger partial charge is 0.387 e. The molecule has 0 aliphatic carbocycles. The van der Waals surface area contributed by atoms with Crippen LogP contribution >= 0.6 is 0 Å². The highest BCUT2D eigenvalue weighted by atomic mass is 19.3. The van der Waals surface area contributed by atoms with Gasteiger partial charge in [-0.3, -0.25) is 19.8 Å². The summed E-state index contributed by atoms with van der Waals surface area (Å²) in [5, 5.41) is 11.4. The number of ether oxygens (including phenoxy) is 2. The van der Waals surface area contributed by atoms with E-state index in [-0.39, 0.29) is 35.6 Å². The van der Waals surface area contributed by atoms with Crippen molar-refractivity contribution >= 4 is 11.6 Å². The number of rotatable bonds is 9. The van der Waals surface area contributed by atoms with E-state index in [0.717, 1.165) is 6.07 Å². The van der Waals surface area contributed by atoms with Gasteiger partial charge in [-0.2, -0.15) is 8.78 Å². The van der Waals surface area contributed by atoms with Gasteiger partial charge < -0.3 is 14.4 Å². The molecule has 0 atom stereocenters. The summed E-state index contributed by atoms with van der Waals surface area (Å²) < 4.78 is 34.5. The van der Waals surface area contributed by atoms with Crippen LogP contribution in [0.15, 0.2) is 12.1 Å². The van der Waals surface area contributed by atoms with Gasteiger partial charge in [-0.15, -0.1) is 0 Å². The fourth-order valence-corrected chi connectivity index (χ4v) is 3.61. The number of hydrogen-bond acceptors (Lipinski definition) is 6. The second kappa shape index (κ2) is 10.3. The molecule has 0 bridgehead atoms. The van der Waals surface area contributed by atoms with Crippen LogP contribution < -0.4 is 9.47 Å². The fourth-order valence-electron chi connectivity index (χ4n) is 3.61. The molecule has 1 amide bonds. The molecular formula is C19H27F2N3O5. The minimum Gasteiger partial charge on any atom is -0.493 e. The molecule has 29 heavy (non-hydrogen) atoms. The van der Waals surface area contributed by atoms with Crippen molar-refractivity contribution in [3.8, 4) is 11.5 Å². The number of benzene rings is 1. The minimum absolute atomic E-state index is 0.0116. The van der Waals surface area contributed by atoms with Gasteiger partial charge >= 0.3 is 6.61 Å². The lowest BCUT2D eigenvalue weighted by Crippen LogP contribution is -2.42. The molecule has 1 heterocycles. The topological polar surface area (TPSA) is 85.2 Å². The third-order valence-electron chi connectivity index (χ3n) is 5.18. The molecule has 10 heteroatoms. The quantitative estimate of drug-likeness (QED) is 0.455. The molecule has 1 aliphatic heterocycles. The summed E-state index contributed by atoms with van der Waals surface area (Å²) in [6, 6.07) is 2.33. The Kier molecular flexibility index (Phi) is 8.12. The Labute approximate surface area is 168 Å². The lowest BCUT2D eigenvalue weighted by atomic mass is 9.94. The molecule has 1 aliphatic rings. The molecule has 1 aromatic rings. The van der Waals surface area contributed by atoms with Crippen molar-refractivity contribution in [3.63, 3.8) is 0 Å². The van der Waals surface area contributed by atoms with E-state index in [1.54, 1.807) is 0 Å². The number of likely N-dealkylation sites (tertiary alicyclic amines) is 1. The molecule has 2 rings (SSSR count). The van der Waals surface area contributed by atoms with Gasteiger partial charge in [0, 0.05) is 31.1 Å². The Balaban J connectivity index is 2.12. The Morgan fingerprint density at radius 1 is 1.28 bits per heavy atom. The monoisotopic (exact) mass is 415 g/mol. The first-order valence-corrected chi connectivity index (χ1v) is 9.61. The largest absolute Gasteiger partial charge is 0.493 e. The molecule has 0 aromatic heterocycles. The Hall–Kier alpha value is -2.49. The van der Waals surface area contributed by atoms with Gasteiger partial charge in [0.05, 0.1) is 18.1 Å². The summed E-state index contributed by atoms with van der Waals surface area (Å²) in [6.45, 7) is 3.63. The van der Waals surface area contributed by atoms with E-state index < -0.39 is 11.5 Å². The summed E-state index contributed by atoms with van der Waals surface area (Å²) in [6.07, 6.45) is 1.35. The van der Waals surface area contributed by atoms with Gasteiger partial charge in [-0.25, -0.2) is 0 Å². The highest BCUT2D eigenvalue weighted by Gasteiger charge is 2.29. The number of amides is 1. The van der Waals surface area contributed by atoms with Crippen LogP contribution in [0.5, 0.6) is 11.5 Å².